The minimum absolute atomic E-state index is 0.219. The van der Waals surface area contributed by atoms with Crippen molar-refractivity contribution in [2.75, 3.05) is 0 Å². The van der Waals surface area contributed by atoms with Gasteiger partial charge in [-0.25, -0.2) is 0 Å². The molecular weight excluding hydrogens is 790 g/mol. The Balaban J connectivity index is -0.000000145. The predicted octanol–water partition coefficient (Wildman–Crippen LogP) is -6.20. The molecule has 0 aliphatic heterocycles. The Bertz CT molecular complexity index is 719. The molecule has 244 valence electrons. The fourth-order valence-corrected chi connectivity index (χ4v) is 4.11. The molecule has 0 aromatic rings. The monoisotopic (exact) mass is 834 g/mol. The third-order valence-electron chi connectivity index (χ3n) is 5.27. The maximum atomic E-state index is 10.1. The topological polar surface area (TPSA) is 301 Å². The molecule has 3 unspecified atom stereocenters. The van der Waals surface area contributed by atoms with Crippen LogP contribution in [0.3, 0.4) is 0 Å². The molecule has 0 saturated carbocycles. The number of aliphatic carboxylic acids is 6. The van der Waals surface area contributed by atoms with Crippen LogP contribution < -0.4 is 30.6 Å². The second kappa shape index (κ2) is 29.0. The van der Waals surface area contributed by atoms with Gasteiger partial charge < -0.3 is 74.7 Å². The number of carbonyl (C=O) groups is 6. The number of carboxylic acids is 6. The average molecular weight is 832 g/mol. The van der Waals surface area contributed by atoms with Crippen molar-refractivity contribution in [1.29, 1.82) is 0 Å². The van der Waals surface area contributed by atoms with Crippen molar-refractivity contribution >= 4 is 80.9 Å². The molecule has 15 nitrogen and oxygen atoms in total. The summed E-state index contributed by atoms with van der Waals surface area (Å²) in [5.74, 6) is -10.2. The summed E-state index contributed by atoms with van der Waals surface area (Å²) in [6.45, 7) is 8.49. The van der Waals surface area contributed by atoms with E-state index in [9.17, 15) is 59.4 Å². The van der Waals surface area contributed by atoms with Crippen LogP contribution in [0.2, 0.25) is 8.87 Å². The van der Waals surface area contributed by atoms with Crippen LogP contribution in [0.4, 0.5) is 0 Å². The van der Waals surface area contributed by atoms with Gasteiger partial charge in [0.1, 0.15) is 16.8 Å². The van der Waals surface area contributed by atoms with Crippen molar-refractivity contribution in [2.24, 2.45) is 0 Å². The van der Waals surface area contributed by atoms with Crippen molar-refractivity contribution in [2.45, 2.75) is 125 Å². The molecule has 3 N–H and O–H groups in total. The van der Waals surface area contributed by atoms with Gasteiger partial charge in [0.15, 0.2) is 0 Å². The van der Waals surface area contributed by atoms with Crippen molar-refractivity contribution < 1.29 is 74.7 Å². The summed E-state index contributed by atoms with van der Waals surface area (Å²) in [4.78, 5) is 60.2. The van der Waals surface area contributed by atoms with Gasteiger partial charge in [-0.3, -0.25) is 0 Å². The molecule has 0 fully saturated rings. The molecule has 0 bridgehead atoms. The molecule has 43 heavy (non-hydrogen) atoms. The molecule has 0 saturated heterocycles. The van der Waals surface area contributed by atoms with Crippen LogP contribution in [0.15, 0.2) is 0 Å². The van der Waals surface area contributed by atoms with Gasteiger partial charge >= 0.3 is 93.5 Å². The van der Waals surface area contributed by atoms with E-state index in [2.05, 4.69) is 13.8 Å². The number of hydrogen-bond acceptors (Lipinski definition) is 15. The van der Waals surface area contributed by atoms with Crippen molar-refractivity contribution in [3.05, 3.63) is 0 Å². The number of carbonyl (C=O) groups excluding carboxylic acids is 6. The maximum absolute atomic E-state index is 10.1. The Kier molecular flexibility index (Phi) is 34.4. The van der Waals surface area contributed by atoms with E-state index >= 15 is 0 Å². The molecule has 0 rings (SSSR count). The van der Waals surface area contributed by atoms with Crippen molar-refractivity contribution in [3.63, 3.8) is 0 Å². The first-order valence-electron chi connectivity index (χ1n) is 13.3. The Hall–Kier alpha value is -1.70. The van der Waals surface area contributed by atoms with E-state index in [1.165, 1.54) is 55.3 Å². The van der Waals surface area contributed by atoms with E-state index in [4.69, 9.17) is 15.3 Å². The molecule has 0 aromatic heterocycles. The van der Waals surface area contributed by atoms with Gasteiger partial charge in [-0.1, -0.05) is 20.8 Å². The quantitative estimate of drug-likeness (QED) is 0.122. The predicted molar refractivity (Wildman–Crippen MR) is 141 cm³/mol. The summed E-state index contributed by atoms with van der Waals surface area (Å²) in [7, 11) is 0. The number of rotatable bonds is 16. The first-order chi connectivity index (χ1) is 19.6. The SMILES string of the molecule is CCC(O)(CC(=O)[O-])C(=O)[O-].CCC(O)(CC(=O)[O-])C(=O)[O-].CCC(O)(CC(=O)[O-])C(=O)[O-].CCC[CH2][Sn+3].CCC[CH2][Sn+3]. The standard InChI is InChI=1S/3C6H10O5.2C4H9.2Sn/c3*1-2-6(11,5(9)10)3-4(7)8;2*1-3-4-2;;/h3*11H,2-3H2,1H3,(H,7,8)(H,9,10);2*1,3-4H2,2H3;;/q;;;;;2*+3/p-6. The first-order valence-corrected chi connectivity index (χ1v) is 17.3. The van der Waals surface area contributed by atoms with E-state index in [0.29, 0.717) is 0 Å². The zero-order valence-electron chi connectivity index (χ0n) is 25.2. The summed E-state index contributed by atoms with van der Waals surface area (Å²) >= 11 is 3.37. The van der Waals surface area contributed by atoms with Gasteiger partial charge in [0, 0.05) is 37.2 Å². The van der Waals surface area contributed by atoms with Crippen LogP contribution in [0.5, 0.6) is 0 Å². The molecule has 0 spiro atoms. The van der Waals surface area contributed by atoms with E-state index in [1.54, 1.807) is 45.0 Å². The second-order valence-corrected chi connectivity index (χ2v) is 11.7. The number of carboxylic acid groups (broad SMARTS) is 6. The van der Waals surface area contributed by atoms with Crippen LogP contribution in [-0.2, 0) is 28.8 Å². The van der Waals surface area contributed by atoms with Crippen LogP contribution in [0.25, 0.3) is 0 Å². The zero-order chi connectivity index (χ0) is 35.4. The van der Waals surface area contributed by atoms with Gasteiger partial charge in [-0.15, -0.1) is 0 Å². The summed E-state index contributed by atoms with van der Waals surface area (Å²) in [5.41, 5.74) is -6.88. The van der Waals surface area contributed by atoms with Crippen LogP contribution in [-0.4, -0.2) is 113 Å². The van der Waals surface area contributed by atoms with E-state index in [-0.39, 0.29) is 19.3 Å². The number of aliphatic hydroxyl groups is 3. The number of unbranched alkanes of at least 4 members (excludes halogenated alkanes) is 2. The summed E-state index contributed by atoms with van der Waals surface area (Å²) < 4.78 is 2.87. The van der Waals surface area contributed by atoms with E-state index in [0.717, 1.165) is 0 Å². The van der Waals surface area contributed by atoms with E-state index < -0.39 is 71.9 Å². The molecule has 0 aliphatic carbocycles. The molecule has 17 heteroatoms. The Morgan fingerprint density at radius 1 is 0.488 bits per heavy atom. The number of hydrogen-bond donors (Lipinski definition) is 3. The summed E-state index contributed by atoms with van der Waals surface area (Å²) in [6, 6.07) is 0. The van der Waals surface area contributed by atoms with Gasteiger partial charge in [0.25, 0.3) is 0 Å². The van der Waals surface area contributed by atoms with Gasteiger partial charge in [0.05, 0.1) is 17.9 Å². The molecule has 0 heterocycles. The summed E-state index contributed by atoms with van der Waals surface area (Å²) in [5, 5.41) is 87.1. The molecule has 3 atom stereocenters. The molecule has 0 radical (unpaired) electrons. The van der Waals surface area contributed by atoms with Gasteiger partial charge in [0.2, 0.25) is 0 Å². The normalized spacial score (nSPS) is 13.9. The fraction of sp³-hybridized carbons (Fsp3) is 0.769. The molecular formula is C26H42O15Sn2. The Morgan fingerprint density at radius 3 is 0.698 bits per heavy atom. The molecule has 0 aliphatic rings. The van der Waals surface area contributed by atoms with Gasteiger partial charge in [-0.05, 0) is 19.3 Å². The zero-order valence-corrected chi connectivity index (χ0v) is 30.9. The average Bonchev–Trinajstić information content (AvgIpc) is 2.89. The third-order valence-corrected chi connectivity index (χ3v) is 7.28. The molecule has 0 amide bonds. The third kappa shape index (κ3) is 30.1. The van der Waals surface area contributed by atoms with Crippen LogP contribution in [0.1, 0.15) is 98.8 Å². The minimum atomic E-state index is -2.29. The Labute approximate surface area is 278 Å². The second-order valence-electron chi connectivity index (χ2n) is 8.87. The summed E-state index contributed by atoms with van der Waals surface area (Å²) in [6.07, 6.45) is 2.12. The van der Waals surface area contributed by atoms with Gasteiger partial charge in [-0.2, -0.15) is 0 Å². The van der Waals surface area contributed by atoms with E-state index in [1.807, 2.05) is 0 Å². The molecule has 0 aromatic carbocycles. The van der Waals surface area contributed by atoms with Crippen molar-refractivity contribution in [1.82, 2.24) is 0 Å². The first kappa shape index (κ1) is 50.9. The van der Waals surface area contributed by atoms with Crippen molar-refractivity contribution in [3.8, 4) is 0 Å². The van der Waals surface area contributed by atoms with Crippen LogP contribution >= 0.6 is 0 Å². The van der Waals surface area contributed by atoms with Crippen LogP contribution in [0, 0.1) is 0 Å². The fourth-order valence-electron chi connectivity index (χ4n) is 2.09. The Morgan fingerprint density at radius 2 is 0.674 bits per heavy atom.